The summed E-state index contributed by atoms with van der Waals surface area (Å²) in [5.74, 6) is 0. The monoisotopic (exact) mass is 644 g/mol. The van der Waals surface area contributed by atoms with Gasteiger partial charge in [0.1, 0.15) is 17.1 Å². The second kappa shape index (κ2) is 10.3. The van der Waals surface area contributed by atoms with Crippen LogP contribution < -0.4 is 0 Å². The van der Waals surface area contributed by atoms with Gasteiger partial charge in [-0.15, -0.1) is 0 Å². The fourth-order valence-corrected chi connectivity index (χ4v) is 3.07. The summed E-state index contributed by atoms with van der Waals surface area (Å²) in [6.45, 7) is 0. The van der Waals surface area contributed by atoms with Gasteiger partial charge in [0, 0.05) is 0 Å². The van der Waals surface area contributed by atoms with Gasteiger partial charge in [0.2, 0.25) is 0 Å². The van der Waals surface area contributed by atoms with E-state index in [4.69, 9.17) is 0 Å². The zero-order valence-electron chi connectivity index (χ0n) is 17.8. The quantitative estimate of drug-likeness (QED) is 0.273. The van der Waals surface area contributed by atoms with E-state index in [0.29, 0.717) is 0 Å². The fourth-order valence-electron chi connectivity index (χ4n) is 3.07. The summed E-state index contributed by atoms with van der Waals surface area (Å²) in [7, 11) is -4.06. The molecule has 6 nitrogen and oxygen atoms in total. The molecular formula is C15H4BF18N6Na. The predicted octanol–water partition coefficient (Wildman–Crippen LogP) is 5.67. The first-order valence-corrected chi connectivity index (χ1v) is 9.35. The van der Waals surface area contributed by atoms with Crippen molar-refractivity contribution < 1.29 is 79.0 Å². The summed E-state index contributed by atoms with van der Waals surface area (Å²) in [5, 5.41) is 6.73. The van der Waals surface area contributed by atoms with Gasteiger partial charge in [-0.25, -0.2) is 0 Å². The van der Waals surface area contributed by atoms with Gasteiger partial charge in [-0.1, -0.05) is 0 Å². The molecule has 0 saturated heterocycles. The molecule has 41 heavy (non-hydrogen) atoms. The van der Waals surface area contributed by atoms with Crippen molar-refractivity contribution in [3.8, 4) is 0 Å². The van der Waals surface area contributed by atoms with Crippen molar-refractivity contribution in [1.82, 2.24) is 29.1 Å². The SMILES string of the molecule is FC(F)(F)c1cc(C(F)(F)F)n(B(n2nc(C(F)(F)F)cc2C(F)(F)F)n2nc(C(F)(F)F)cc2C(F)(F)F)n1.[NaH]. The Morgan fingerprint density at radius 1 is 0.390 bits per heavy atom. The molecule has 224 valence electrons. The summed E-state index contributed by atoms with van der Waals surface area (Å²) >= 11 is 0. The molecule has 0 fully saturated rings. The molecule has 26 heteroatoms. The molecular weight excluding hydrogens is 640 g/mol. The van der Waals surface area contributed by atoms with Gasteiger partial charge in [0.15, 0.2) is 17.1 Å². The van der Waals surface area contributed by atoms with Gasteiger partial charge < -0.3 is 0 Å². The number of halogens is 18. The Bertz CT molecular complexity index is 1220. The molecule has 0 aromatic carbocycles. The normalized spacial score (nSPS) is 13.9. The Labute approximate surface area is 234 Å². The zero-order chi connectivity index (χ0) is 31.0. The van der Waals surface area contributed by atoms with Gasteiger partial charge in [0.25, 0.3) is 0 Å². The Balaban J connectivity index is 0.00000588. The van der Waals surface area contributed by atoms with Crippen molar-refractivity contribution in [2.45, 2.75) is 37.1 Å². The van der Waals surface area contributed by atoms with Crippen LogP contribution in [0.4, 0.5) is 79.0 Å². The zero-order valence-corrected chi connectivity index (χ0v) is 17.8. The molecule has 3 aromatic heterocycles. The first kappa shape index (κ1) is 34.6. The maximum atomic E-state index is 13.6. The first-order chi connectivity index (χ1) is 17.6. The van der Waals surface area contributed by atoms with Crippen molar-refractivity contribution in [1.29, 1.82) is 0 Å². The molecule has 0 saturated carbocycles. The Kier molecular flexibility index (Phi) is 8.71. The van der Waals surface area contributed by atoms with E-state index in [9.17, 15) is 79.0 Å². The van der Waals surface area contributed by atoms with Crippen LogP contribution >= 0.6 is 0 Å². The van der Waals surface area contributed by atoms with Crippen LogP contribution in [0.3, 0.4) is 0 Å². The van der Waals surface area contributed by atoms with E-state index in [0.717, 1.165) is 0 Å². The minimum absolute atomic E-state index is 0. The van der Waals surface area contributed by atoms with Crippen LogP contribution in [-0.2, 0) is 37.1 Å². The molecule has 0 spiro atoms. The number of nitrogens with zero attached hydrogens (tertiary/aromatic N) is 6. The fraction of sp³-hybridized carbons (Fsp3) is 0.400. The molecule has 0 unspecified atom stereocenters. The summed E-state index contributed by atoms with van der Waals surface area (Å²) in [5.41, 5.74) is -16.5. The van der Waals surface area contributed by atoms with Crippen LogP contribution in [0, 0.1) is 0 Å². The van der Waals surface area contributed by atoms with Gasteiger partial charge in [-0.2, -0.15) is 94.3 Å². The first-order valence-electron chi connectivity index (χ1n) is 9.35. The van der Waals surface area contributed by atoms with E-state index in [1.54, 1.807) is 0 Å². The van der Waals surface area contributed by atoms with E-state index in [2.05, 4.69) is 15.3 Å². The third-order valence-corrected chi connectivity index (χ3v) is 4.61. The number of rotatable bonds is 3. The van der Waals surface area contributed by atoms with Crippen LogP contribution in [0.5, 0.6) is 0 Å². The minimum atomic E-state index is -6.15. The van der Waals surface area contributed by atoms with Crippen molar-refractivity contribution in [2.24, 2.45) is 0 Å². The van der Waals surface area contributed by atoms with Crippen LogP contribution in [-0.4, -0.2) is 65.7 Å². The van der Waals surface area contributed by atoms with E-state index in [1.807, 2.05) is 0 Å². The van der Waals surface area contributed by atoms with Crippen LogP contribution in [0.25, 0.3) is 0 Å². The van der Waals surface area contributed by atoms with Crippen LogP contribution in [0.1, 0.15) is 34.2 Å². The summed E-state index contributed by atoms with van der Waals surface area (Å²) in [4.78, 5) is 0. The second-order valence-electron chi connectivity index (χ2n) is 7.41. The molecule has 0 atom stereocenters. The molecule has 0 aliphatic carbocycles. The molecule has 0 radical (unpaired) electrons. The molecule has 0 bridgehead atoms. The third-order valence-electron chi connectivity index (χ3n) is 4.61. The Morgan fingerprint density at radius 2 is 0.585 bits per heavy atom. The van der Waals surface area contributed by atoms with Gasteiger partial charge >= 0.3 is 73.7 Å². The number of alkyl halides is 18. The van der Waals surface area contributed by atoms with Gasteiger partial charge in [0.05, 0.1) is 0 Å². The summed E-state index contributed by atoms with van der Waals surface area (Å²) in [6.07, 6.45) is -36.2. The van der Waals surface area contributed by atoms with Gasteiger partial charge in [-0.3, -0.25) is 13.8 Å². The predicted molar refractivity (Wildman–Crippen MR) is 95.8 cm³/mol. The van der Waals surface area contributed by atoms with E-state index < -0.39 is 110 Å². The topological polar surface area (TPSA) is 53.5 Å². The average Bonchev–Trinajstić information content (AvgIpc) is 3.42. The van der Waals surface area contributed by atoms with Crippen molar-refractivity contribution in [2.75, 3.05) is 0 Å². The Hall–Kier alpha value is -2.57. The summed E-state index contributed by atoms with van der Waals surface area (Å²) in [6, 6.07) is -2.89. The van der Waals surface area contributed by atoms with Crippen molar-refractivity contribution in [3.05, 3.63) is 52.4 Å². The maximum absolute atomic E-state index is 13.6. The van der Waals surface area contributed by atoms with E-state index in [1.165, 1.54) is 0 Å². The molecule has 0 N–H and O–H groups in total. The standard InChI is InChI=1S/C15H3BF18N6.Na.H/c17-10(18,19)4-1-7(13(26,27)28)38(35-4)16(39-8(14(29,30)31)2-5(36-39)11(20,21)22)40-9(15(32,33)34)3-6(37-40)12(23,24)25;;/h1-3H;;. The van der Waals surface area contributed by atoms with E-state index in [-0.39, 0.29) is 29.6 Å². The average molecular weight is 644 g/mol. The number of aromatic nitrogens is 6. The Morgan fingerprint density at radius 3 is 0.732 bits per heavy atom. The number of hydrogen-bond donors (Lipinski definition) is 0. The number of hydrogen-bond acceptors (Lipinski definition) is 3. The summed E-state index contributed by atoms with van der Waals surface area (Å²) < 4.78 is 237. The molecule has 0 aliphatic heterocycles. The van der Waals surface area contributed by atoms with Crippen LogP contribution in [0.15, 0.2) is 18.2 Å². The van der Waals surface area contributed by atoms with Crippen molar-refractivity contribution in [3.63, 3.8) is 0 Å². The second-order valence-corrected chi connectivity index (χ2v) is 7.41. The molecule has 3 aromatic rings. The van der Waals surface area contributed by atoms with Crippen LogP contribution in [0.2, 0.25) is 0 Å². The molecule has 3 rings (SSSR count). The third kappa shape index (κ3) is 7.09. The molecule has 3 heterocycles. The van der Waals surface area contributed by atoms with E-state index >= 15 is 0 Å². The van der Waals surface area contributed by atoms with Crippen molar-refractivity contribution >= 4 is 36.7 Å². The van der Waals surface area contributed by atoms with Gasteiger partial charge in [-0.05, 0) is 18.2 Å². The molecule has 0 aliphatic rings. The molecule has 0 amide bonds.